The van der Waals surface area contributed by atoms with Gasteiger partial charge in [0.2, 0.25) is 0 Å². The molecule has 1 heterocycles. The van der Waals surface area contributed by atoms with Crippen LogP contribution in [0.5, 0.6) is 0 Å². The number of ether oxygens (including phenoxy) is 1. The molecule has 5 heteroatoms. The highest BCUT2D eigenvalue weighted by Crippen LogP contribution is 2.40. The van der Waals surface area contributed by atoms with Gasteiger partial charge in [-0.1, -0.05) is 42.5 Å². The van der Waals surface area contributed by atoms with Gasteiger partial charge in [0, 0.05) is 0 Å². The van der Waals surface area contributed by atoms with E-state index in [1.165, 1.54) is 7.11 Å². The first-order valence-electron chi connectivity index (χ1n) is 9.47. The highest BCUT2D eigenvalue weighted by atomic mass is 16.7. The largest absolute Gasteiger partial charge is 0.490 e. The molecule has 0 aliphatic carbocycles. The van der Waals surface area contributed by atoms with Gasteiger partial charge in [0.1, 0.15) is 0 Å². The Hall–Kier alpha value is -2.37. The van der Waals surface area contributed by atoms with Crippen molar-refractivity contribution >= 4 is 18.7 Å². The number of benzene rings is 2. The van der Waals surface area contributed by atoms with Crippen LogP contribution < -0.4 is 0 Å². The predicted molar refractivity (Wildman–Crippen MR) is 112 cm³/mol. The maximum absolute atomic E-state index is 11.8. The average molecular weight is 378 g/mol. The molecule has 0 atom stereocenters. The molecule has 0 amide bonds. The van der Waals surface area contributed by atoms with Gasteiger partial charge < -0.3 is 14.0 Å². The summed E-state index contributed by atoms with van der Waals surface area (Å²) in [7, 11) is 0.939. The van der Waals surface area contributed by atoms with E-state index in [1.807, 2.05) is 65.0 Å². The number of carbonyl (C=O) groups is 1. The Morgan fingerprint density at radius 2 is 1.29 bits per heavy atom. The van der Waals surface area contributed by atoms with Crippen molar-refractivity contribution in [1.82, 2.24) is 0 Å². The molecule has 0 saturated carbocycles. The number of allylic oxidation sites excluding steroid dienone is 1. The van der Waals surface area contributed by atoms with Crippen molar-refractivity contribution in [3.8, 4) is 0 Å². The summed E-state index contributed by atoms with van der Waals surface area (Å²) in [5, 5.41) is 0. The zero-order chi connectivity index (χ0) is 20.5. The Labute approximate surface area is 167 Å². The number of methoxy groups -OCH3 is 1. The van der Waals surface area contributed by atoms with E-state index in [9.17, 15) is 4.79 Å². The van der Waals surface area contributed by atoms with Crippen LogP contribution in [-0.2, 0) is 14.0 Å². The van der Waals surface area contributed by atoms with Crippen LogP contribution in [0.2, 0.25) is 0 Å². The van der Waals surface area contributed by atoms with Gasteiger partial charge in [0.25, 0.3) is 0 Å². The SMILES string of the molecule is COC(=O)c1ccc(/C(=C(\C)B2OC(C)(C)C(C)(C)O2)c2ccccc2)cc1. The zero-order valence-electron chi connectivity index (χ0n) is 17.4. The minimum atomic E-state index is -0.444. The molecule has 1 fully saturated rings. The van der Waals surface area contributed by atoms with Crippen molar-refractivity contribution < 1.29 is 18.8 Å². The second-order valence-corrected chi connectivity index (χ2v) is 8.08. The third kappa shape index (κ3) is 3.78. The van der Waals surface area contributed by atoms with Gasteiger partial charge in [-0.05, 0) is 68.9 Å². The van der Waals surface area contributed by atoms with Gasteiger partial charge in [-0.25, -0.2) is 4.79 Å². The van der Waals surface area contributed by atoms with Gasteiger partial charge >= 0.3 is 13.1 Å². The number of hydrogen-bond acceptors (Lipinski definition) is 4. The lowest BCUT2D eigenvalue weighted by molar-refractivity contribution is 0.00578. The lowest BCUT2D eigenvalue weighted by atomic mass is 9.73. The first-order valence-corrected chi connectivity index (χ1v) is 9.47. The second-order valence-electron chi connectivity index (χ2n) is 8.08. The van der Waals surface area contributed by atoms with Crippen LogP contribution in [0.25, 0.3) is 5.57 Å². The van der Waals surface area contributed by atoms with Crippen LogP contribution in [0.3, 0.4) is 0 Å². The zero-order valence-corrected chi connectivity index (χ0v) is 17.4. The summed E-state index contributed by atoms with van der Waals surface area (Å²) in [6, 6.07) is 17.6. The van der Waals surface area contributed by atoms with E-state index in [-0.39, 0.29) is 5.97 Å². The molecule has 0 N–H and O–H groups in total. The summed E-state index contributed by atoms with van der Waals surface area (Å²) >= 11 is 0. The van der Waals surface area contributed by atoms with Crippen LogP contribution in [0.4, 0.5) is 0 Å². The smallest absolute Gasteiger partial charge is 0.465 e. The molecule has 0 bridgehead atoms. The van der Waals surface area contributed by atoms with E-state index in [2.05, 4.69) is 12.1 Å². The summed E-state index contributed by atoms with van der Waals surface area (Å²) < 4.78 is 17.4. The van der Waals surface area contributed by atoms with E-state index in [1.54, 1.807) is 12.1 Å². The minimum absolute atomic E-state index is 0.348. The maximum atomic E-state index is 11.8. The van der Waals surface area contributed by atoms with Crippen LogP contribution in [0, 0.1) is 0 Å². The molecule has 0 spiro atoms. The van der Waals surface area contributed by atoms with Gasteiger partial charge in [-0.3, -0.25) is 0 Å². The molecule has 0 radical (unpaired) electrons. The van der Waals surface area contributed by atoms with Crippen molar-refractivity contribution in [3.63, 3.8) is 0 Å². The summed E-state index contributed by atoms with van der Waals surface area (Å²) in [4.78, 5) is 11.8. The number of rotatable bonds is 4. The number of esters is 1. The normalized spacial score (nSPS) is 18.6. The summed E-state index contributed by atoms with van der Waals surface area (Å²) in [5.41, 5.74) is 3.80. The first-order chi connectivity index (χ1) is 13.2. The Balaban J connectivity index is 2.08. The van der Waals surface area contributed by atoms with Gasteiger partial charge in [0.15, 0.2) is 0 Å². The third-order valence-electron chi connectivity index (χ3n) is 5.66. The Bertz CT molecular complexity index is 867. The molecule has 0 aromatic heterocycles. The van der Waals surface area contributed by atoms with E-state index >= 15 is 0 Å². The topological polar surface area (TPSA) is 44.8 Å². The maximum Gasteiger partial charge on any atom is 0.490 e. The summed E-state index contributed by atoms with van der Waals surface area (Å²) in [6.45, 7) is 10.2. The average Bonchev–Trinajstić information content (AvgIpc) is 2.90. The molecule has 2 aromatic carbocycles. The Morgan fingerprint density at radius 1 is 0.821 bits per heavy atom. The molecule has 2 aromatic rings. The van der Waals surface area contributed by atoms with E-state index < -0.39 is 18.3 Å². The molecular weight excluding hydrogens is 351 g/mol. The Morgan fingerprint density at radius 3 is 1.79 bits per heavy atom. The van der Waals surface area contributed by atoms with Crippen LogP contribution in [-0.4, -0.2) is 31.4 Å². The highest BCUT2D eigenvalue weighted by molar-refractivity contribution is 6.56. The predicted octanol–water partition coefficient (Wildman–Crippen LogP) is 4.93. The number of hydrogen-bond donors (Lipinski definition) is 0. The first kappa shape index (κ1) is 20.4. The van der Waals surface area contributed by atoms with E-state index in [0.717, 1.165) is 22.2 Å². The summed E-state index contributed by atoms with van der Waals surface area (Å²) in [5.74, 6) is -0.348. The molecule has 146 valence electrons. The van der Waals surface area contributed by atoms with Crippen molar-refractivity contribution in [3.05, 3.63) is 76.8 Å². The fourth-order valence-corrected chi connectivity index (χ4v) is 3.26. The molecule has 1 aliphatic rings. The molecule has 1 aliphatic heterocycles. The van der Waals surface area contributed by atoms with E-state index in [0.29, 0.717) is 5.56 Å². The minimum Gasteiger partial charge on any atom is -0.465 e. The third-order valence-corrected chi connectivity index (χ3v) is 5.66. The quantitative estimate of drug-likeness (QED) is 0.559. The second kappa shape index (κ2) is 7.57. The van der Waals surface area contributed by atoms with Crippen LogP contribution in [0.1, 0.15) is 56.1 Å². The lowest BCUT2D eigenvalue weighted by Crippen LogP contribution is -2.41. The fraction of sp³-hybridized carbons (Fsp3) is 0.348. The molecule has 0 unspecified atom stereocenters. The standard InChI is InChI=1S/C23H27BO4/c1-16(24-27-22(2,3)23(4,5)28-24)20(17-10-8-7-9-11-17)18-12-14-19(15-13-18)21(25)26-6/h7-15H,1-6H3/b20-16+. The van der Waals surface area contributed by atoms with Gasteiger partial charge in [-0.2, -0.15) is 0 Å². The molecular formula is C23H27BO4. The van der Waals surface area contributed by atoms with Crippen molar-refractivity contribution in [2.45, 2.75) is 45.8 Å². The molecule has 3 rings (SSSR count). The summed E-state index contributed by atoms with van der Waals surface area (Å²) in [6.07, 6.45) is 0. The van der Waals surface area contributed by atoms with Crippen LogP contribution >= 0.6 is 0 Å². The van der Waals surface area contributed by atoms with Crippen molar-refractivity contribution in [1.29, 1.82) is 0 Å². The van der Waals surface area contributed by atoms with Crippen molar-refractivity contribution in [2.24, 2.45) is 0 Å². The molecule has 4 nitrogen and oxygen atoms in total. The van der Waals surface area contributed by atoms with Gasteiger partial charge in [-0.15, -0.1) is 0 Å². The highest BCUT2D eigenvalue weighted by Gasteiger charge is 2.52. The Kier molecular flexibility index (Phi) is 5.51. The molecule has 28 heavy (non-hydrogen) atoms. The lowest BCUT2D eigenvalue weighted by Gasteiger charge is -2.32. The van der Waals surface area contributed by atoms with Crippen LogP contribution in [0.15, 0.2) is 60.1 Å². The molecule has 1 saturated heterocycles. The fourth-order valence-electron chi connectivity index (χ4n) is 3.26. The van der Waals surface area contributed by atoms with Gasteiger partial charge in [0.05, 0.1) is 23.9 Å². The number of carbonyl (C=O) groups excluding carboxylic acids is 1. The monoisotopic (exact) mass is 378 g/mol. The van der Waals surface area contributed by atoms with Crippen molar-refractivity contribution in [2.75, 3.05) is 7.11 Å². The van der Waals surface area contributed by atoms with E-state index in [4.69, 9.17) is 14.0 Å².